The molecule has 0 saturated heterocycles. The average molecular weight is 271 g/mol. The highest BCUT2D eigenvalue weighted by atomic mass is 16.3. The molecule has 4 heteroatoms. The Balaban J connectivity index is 2.24. The van der Waals surface area contributed by atoms with Gasteiger partial charge >= 0.3 is 0 Å². The standard InChI is InChI=1S/C16H21N3O/c1-4-19(10-15-7-5-6-13(3)18-15)16-12(2)8-14(11-20)9-17-16/h5-9,20H,4,10-11H2,1-3H3. The van der Waals surface area contributed by atoms with Crippen LogP contribution >= 0.6 is 0 Å². The van der Waals surface area contributed by atoms with Gasteiger partial charge in [0.15, 0.2) is 0 Å². The molecule has 2 aromatic heterocycles. The molecule has 0 radical (unpaired) electrons. The molecule has 2 rings (SSSR count). The minimum atomic E-state index is 0.0275. The Morgan fingerprint density at radius 3 is 2.65 bits per heavy atom. The van der Waals surface area contributed by atoms with E-state index in [0.29, 0.717) is 0 Å². The van der Waals surface area contributed by atoms with Gasteiger partial charge in [-0.1, -0.05) is 6.07 Å². The summed E-state index contributed by atoms with van der Waals surface area (Å²) >= 11 is 0. The number of anilines is 1. The number of hydrogen-bond acceptors (Lipinski definition) is 4. The Labute approximate surface area is 120 Å². The molecule has 4 nitrogen and oxygen atoms in total. The number of aromatic nitrogens is 2. The molecule has 0 aliphatic carbocycles. The van der Waals surface area contributed by atoms with E-state index in [1.807, 2.05) is 38.1 Å². The molecule has 0 saturated carbocycles. The Morgan fingerprint density at radius 2 is 2.05 bits per heavy atom. The molecule has 20 heavy (non-hydrogen) atoms. The van der Waals surface area contributed by atoms with Crippen LogP contribution in [0.25, 0.3) is 0 Å². The fraction of sp³-hybridized carbons (Fsp3) is 0.375. The SMILES string of the molecule is CCN(Cc1cccc(C)n1)c1ncc(CO)cc1C. The van der Waals surface area contributed by atoms with E-state index in [-0.39, 0.29) is 6.61 Å². The van der Waals surface area contributed by atoms with Crippen molar-refractivity contribution in [1.29, 1.82) is 0 Å². The number of rotatable bonds is 5. The topological polar surface area (TPSA) is 49.2 Å². The first-order valence-electron chi connectivity index (χ1n) is 6.88. The van der Waals surface area contributed by atoms with Crippen molar-refractivity contribution in [2.24, 2.45) is 0 Å². The first kappa shape index (κ1) is 14.5. The summed E-state index contributed by atoms with van der Waals surface area (Å²) in [6.45, 7) is 7.76. The summed E-state index contributed by atoms with van der Waals surface area (Å²) in [5.74, 6) is 0.952. The number of aryl methyl sites for hydroxylation is 2. The number of pyridine rings is 2. The second-order valence-electron chi connectivity index (χ2n) is 4.93. The Bertz CT molecular complexity index is 584. The largest absolute Gasteiger partial charge is 0.392 e. The van der Waals surface area contributed by atoms with Gasteiger partial charge in [0, 0.05) is 18.4 Å². The van der Waals surface area contributed by atoms with Crippen LogP contribution in [-0.4, -0.2) is 21.6 Å². The summed E-state index contributed by atoms with van der Waals surface area (Å²) in [6, 6.07) is 8.04. The van der Waals surface area contributed by atoms with E-state index in [1.165, 1.54) is 0 Å². The molecule has 0 aliphatic rings. The third-order valence-corrected chi connectivity index (χ3v) is 3.27. The first-order chi connectivity index (χ1) is 9.63. The molecule has 106 valence electrons. The van der Waals surface area contributed by atoms with Gasteiger partial charge in [0.25, 0.3) is 0 Å². The zero-order valence-corrected chi connectivity index (χ0v) is 12.3. The number of nitrogens with zero attached hydrogens (tertiary/aromatic N) is 3. The van der Waals surface area contributed by atoms with E-state index in [1.54, 1.807) is 6.20 Å². The third-order valence-electron chi connectivity index (χ3n) is 3.27. The van der Waals surface area contributed by atoms with E-state index < -0.39 is 0 Å². The lowest BCUT2D eigenvalue weighted by Crippen LogP contribution is -2.24. The summed E-state index contributed by atoms with van der Waals surface area (Å²) in [7, 11) is 0. The van der Waals surface area contributed by atoms with Crippen molar-refractivity contribution < 1.29 is 5.11 Å². The molecule has 0 amide bonds. The lowest BCUT2D eigenvalue weighted by molar-refractivity contribution is 0.281. The van der Waals surface area contributed by atoms with Crippen LogP contribution < -0.4 is 4.90 Å². The molecule has 0 fully saturated rings. The van der Waals surface area contributed by atoms with Gasteiger partial charge in [0.1, 0.15) is 5.82 Å². The quantitative estimate of drug-likeness (QED) is 0.908. The average Bonchev–Trinajstić information content (AvgIpc) is 2.45. The second-order valence-corrected chi connectivity index (χ2v) is 4.93. The molecule has 0 spiro atoms. The third kappa shape index (κ3) is 3.33. The van der Waals surface area contributed by atoms with Gasteiger partial charge in [-0.15, -0.1) is 0 Å². The smallest absolute Gasteiger partial charge is 0.131 e. The summed E-state index contributed by atoms with van der Waals surface area (Å²) in [5.41, 5.74) is 3.99. The fourth-order valence-corrected chi connectivity index (χ4v) is 2.26. The number of aliphatic hydroxyl groups is 1. The normalized spacial score (nSPS) is 10.6. The van der Waals surface area contributed by atoms with Crippen molar-refractivity contribution in [3.8, 4) is 0 Å². The van der Waals surface area contributed by atoms with Gasteiger partial charge in [0.2, 0.25) is 0 Å². The van der Waals surface area contributed by atoms with E-state index in [4.69, 9.17) is 5.11 Å². The van der Waals surface area contributed by atoms with Crippen molar-refractivity contribution in [3.05, 3.63) is 53.0 Å². The molecule has 0 bridgehead atoms. The van der Waals surface area contributed by atoms with Crippen LogP contribution in [0.2, 0.25) is 0 Å². The molecule has 2 aromatic rings. The van der Waals surface area contributed by atoms with Gasteiger partial charge in [-0.3, -0.25) is 4.98 Å². The summed E-state index contributed by atoms with van der Waals surface area (Å²) in [4.78, 5) is 11.2. The molecule has 0 atom stereocenters. The predicted molar refractivity (Wildman–Crippen MR) is 80.6 cm³/mol. The lowest BCUT2D eigenvalue weighted by Gasteiger charge is -2.23. The van der Waals surface area contributed by atoms with Gasteiger partial charge in [-0.2, -0.15) is 0 Å². The molecule has 2 heterocycles. The molecular formula is C16H21N3O. The van der Waals surface area contributed by atoms with Gasteiger partial charge in [-0.05, 0) is 50.1 Å². The van der Waals surface area contributed by atoms with Crippen molar-refractivity contribution >= 4 is 5.82 Å². The minimum Gasteiger partial charge on any atom is -0.392 e. The van der Waals surface area contributed by atoms with E-state index in [0.717, 1.165) is 41.4 Å². The van der Waals surface area contributed by atoms with Crippen LogP contribution in [0.4, 0.5) is 5.82 Å². The molecule has 1 N–H and O–H groups in total. The molecule has 0 aromatic carbocycles. The van der Waals surface area contributed by atoms with Crippen LogP contribution in [0.5, 0.6) is 0 Å². The second kappa shape index (κ2) is 6.48. The van der Waals surface area contributed by atoms with Crippen LogP contribution in [0.1, 0.15) is 29.4 Å². The van der Waals surface area contributed by atoms with E-state index in [9.17, 15) is 0 Å². The Hall–Kier alpha value is -1.94. The summed E-state index contributed by atoms with van der Waals surface area (Å²) in [6.07, 6.45) is 1.73. The highest BCUT2D eigenvalue weighted by molar-refractivity contribution is 5.47. The zero-order valence-electron chi connectivity index (χ0n) is 12.3. The summed E-state index contributed by atoms with van der Waals surface area (Å²) < 4.78 is 0. The maximum atomic E-state index is 9.15. The highest BCUT2D eigenvalue weighted by Crippen LogP contribution is 2.19. The highest BCUT2D eigenvalue weighted by Gasteiger charge is 2.11. The Kier molecular flexibility index (Phi) is 4.69. The van der Waals surface area contributed by atoms with E-state index in [2.05, 4.69) is 21.8 Å². The lowest BCUT2D eigenvalue weighted by atomic mass is 10.2. The van der Waals surface area contributed by atoms with Crippen LogP contribution in [0.3, 0.4) is 0 Å². The number of hydrogen-bond donors (Lipinski definition) is 1. The van der Waals surface area contributed by atoms with E-state index >= 15 is 0 Å². The van der Waals surface area contributed by atoms with Crippen molar-refractivity contribution in [2.45, 2.75) is 33.9 Å². The first-order valence-corrected chi connectivity index (χ1v) is 6.88. The van der Waals surface area contributed by atoms with Crippen LogP contribution in [0.15, 0.2) is 30.5 Å². The molecule has 0 aliphatic heterocycles. The molecule has 0 unspecified atom stereocenters. The van der Waals surface area contributed by atoms with Gasteiger partial charge in [-0.25, -0.2) is 4.98 Å². The maximum Gasteiger partial charge on any atom is 0.131 e. The van der Waals surface area contributed by atoms with Crippen molar-refractivity contribution in [1.82, 2.24) is 9.97 Å². The maximum absolute atomic E-state index is 9.15. The van der Waals surface area contributed by atoms with Crippen LogP contribution in [-0.2, 0) is 13.2 Å². The number of aliphatic hydroxyl groups excluding tert-OH is 1. The predicted octanol–water partition coefficient (Wildman–Crippen LogP) is 2.61. The zero-order chi connectivity index (χ0) is 14.5. The van der Waals surface area contributed by atoms with Crippen molar-refractivity contribution in [2.75, 3.05) is 11.4 Å². The molecular weight excluding hydrogens is 250 g/mol. The monoisotopic (exact) mass is 271 g/mol. The Morgan fingerprint density at radius 1 is 1.25 bits per heavy atom. The van der Waals surface area contributed by atoms with Gasteiger partial charge < -0.3 is 10.0 Å². The van der Waals surface area contributed by atoms with Gasteiger partial charge in [0.05, 0.1) is 18.8 Å². The van der Waals surface area contributed by atoms with Crippen LogP contribution in [0, 0.1) is 13.8 Å². The summed E-state index contributed by atoms with van der Waals surface area (Å²) in [5, 5.41) is 9.15. The minimum absolute atomic E-state index is 0.0275. The fourth-order valence-electron chi connectivity index (χ4n) is 2.26. The van der Waals surface area contributed by atoms with Crippen molar-refractivity contribution in [3.63, 3.8) is 0 Å².